The Bertz CT molecular complexity index is 1280. The highest BCUT2D eigenvalue weighted by atomic mass is 35.5. The van der Waals surface area contributed by atoms with Gasteiger partial charge < -0.3 is 0 Å². The zero-order chi connectivity index (χ0) is 22.2. The smallest absolute Gasteiger partial charge is 0.264 e. The van der Waals surface area contributed by atoms with E-state index in [-0.39, 0.29) is 23.6 Å². The number of rotatable bonds is 5. The maximum absolute atomic E-state index is 13.7. The van der Waals surface area contributed by atoms with Crippen molar-refractivity contribution in [1.29, 1.82) is 0 Å². The first-order chi connectivity index (χ1) is 14.8. The summed E-state index contributed by atoms with van der Waals surface area (Å²) in [4.78, 5) is 12.4. The van der Waals surface area contributed by atoms with E-state index >= 15 is 0 Å². The molecule has 3 aromatic carbocycles. The van der Waals surface area contributed by atoms with Crippen molar-refractivity contribution < 1.29 is 22.0 Å². The van der Waals surface area contributed by atoms with Crippen molar-refractivity contribution in [3.8, 4) is 0 Å². The number of hydrogen-bond acceptors (Lipinski definition) is 3. The Morgan fingerprint density at radius 3 is 2.52 bits per heavy atom. The summed E-state index contributed by atoms with van der Waals surface area (Å²) in [6.45, 7) is 0.205. The summed E-state index contributed by atoms with van der Waals surface area (Å²) in [5, 5.41) is 0.355. The lowest BCUT2D eigenvalue weighted by Crippen LogP contribution is -2.35. The van der Waals surface area contributed by atoms with Crippen molar-refractivity contribution in [3.05, 3.63) is 94.0 Å². The summed E-state index contributed by atoms with van der Waals surface area (Å²) in [5.74, 6) is -2.52. The molecule has 3 aromatic rings. The number of aryl methyl sites for hydroxylation is 1. The van der Waals surface area contributed by atoms with Gasteiger partial charge in [0, 0.05) is 18.5 Å². The molecule has 8 heteroatoms. The van der Waals surface area contributed by atoms with Crippen molar-refractivity contribution in [2.45, 2.75) is 24.2 Å². The molecule has 160 valence electrons. The Morgan fingerprint density at radius 2 is 1.77 bits per heavy atom. The van der Waals surface area contributed by atoms with Crippen LogP contribution in [0.3, 0.4) is 0 Å². The standard InChI is InChI=1S/C23H18ClF2NO3S/c24-19-6-2-1-5-18(19)23(28)13-15-7-8-16-4-3-11-27(22(16)12-15)31(29,30)17-9-10-20(25)21(26)14-17/h1-2,5-10,12,14H,3-4,11,13H2. The van der Waals surface area contributed by atoms with E-state index in [2.05, 4.69) is 0 Å². The molecular weight excluding hydrogens is 444 g/mol. The molecule has 0 N–H and O–H groups in total. The maximum atomic E-state index is 13.7. The minimum absolute atomic E-state index is 0.0517. The second kappa shape index (κ2) is 8.40. The minimum atomic E-state index is -4.10. The molecule has 0 atom stereocenters. The molecule has 1 aliphatic rings. The molecule has 0 fully saturated rings. The van der Waals surface area contributed by atoms with E-state index in [1.807, 2.05) is 0 Å². The number of ketones is 1. The van der Waals surface area contributed by atoms with Crippen LogP contribution in [0.15, 0.2) is 65.6 Å². The fourth-order valence-electron chi connectivity index (χ4n) is 3.68. The molecule has 0 aromatic heterocycles. The highest BCUT2D eigenvalue weighted by Crippen LogP contribution is 2.33. The third-order valence-electron chi connectivity index (χ3n) is 5.24. The van der Waals surface area contributed by atoms with Crippen molar-refractivity contribution in [2.24, 2.45) is 0 Å². The van der Waals surface area contributed by atoms with Gasteiger partial charge in [-0.3, -0.25) is 9.10 Å². The van der Waals surface area contributed by atoms with Crippen LogP contribution in [0.2, 0.25) is 5.02 Å². The highest BCUT2D eigenvalue weighted by molar-refractivity contribution is 7.92. The van der Waals surface area contributed by atoms with Gasteiger partial charge >= 0.3 is 0 Å². The van der Waals surface area contributed by atoms with E-state index in [1.54, 1.807) is 42.5 Å². The van der Waals surface area contributed by atoms with E-state index in [1.165, 1.54) is 4.31 Å². The summed E-state index contributed by atoms with van der Waals surface area (Å²) in [6.07, 6.45) is 1.32. The lowest BCUT2D eigenvalue weighted by molar-refractivity contribution is 0.0993. The van der Waals surface area contributed by atoms with Crippen LogP contribution in [0, 0.1) is 11.6 Å². The second-order valence-electron chi connectivity index (χ2n) is 7.30. The summed E-state index contributed by atoms with van der Waals surface area (Å²) >= 11 is 6.11. The number of Topliss-reactive ketones (excluding diaryl/α,β-unsaturated/α-hetero) is 1. The molecule has 4 rings (SSSR count). The zero-order valence-corrected chi connectivity index (χ0v) is 17.9. The zero-order valence-electron chi connectivity index (χ0n) is 16.3. The Kier molecular flexibility index (Phi) is 5.81. The van der Waals surface area contributed by atoms with E-state index < -0.39 is 21.7 Å². The van der Waals surface area contributed by atoms with Crippen molar-refractivity contribution >= 4 is 33.1 Å². The van der Waals surface area contributed by atoms with E-state index in [4.69, 9.17) is 11.6 Å². The Labute approximate surface area is 184 Å². The molecule has 0 amide bonds. The normalized spacial score (nSPS) is 13.7. The van der Waals surface area contributed by atoms with Crippen LogP contribution in [-0.2, 0) is 22.9 Å². The van der Waals surface area contributed by atoms with Crippen LogP contribution in [-0.4, -0.2) is 20.7 Å². The lowest BCUT2D eigenvalue weighted by Gasteiger charge is -2.31. The third-order valence-corrected chi connectivity index (χ3v) is 7.38. The van der Waals surface area contributed by atoms with Crippen LogP contribution >= 0.6 is 11.6 Å². The number of fused-ring (bicyclic) bond motifs is 1. The third kappa shape index (κ3) is 4.20. The molecule has 0 unspecified atom stereocenters. The largest absolute Gasteiger partial charge is 0.294 e. The van der Waals surface area contributed by atoms with E-state index in [0.29, 0.717) is 40.7 Å². The summed E-state index contributed by atoms with van der Waals surface area (Å²) in [6, 6.07) is 14.5. The molecular formula is C23H18ClF2NO3S. The van der Waals surface area contributed by atoms with Gasteiger partial charge in [0.2, 0.25) is 0 Å². The summed E-state index contributed by atoms with van der Waals surface area (Å²) in [5.41, 5.74) is 2.29. The monoisotopic (exact) mass is 461 g/mol. The molecule has 4 nitrogen and oxygen atoms in total. The number of hydrogen-bond donors (Lipinski definition) is 0. The predicted octanol–water partition coefficient (Wildman–Crippen LogP) is 5.19. The molecule has 31 heavy (non-hydrogen) atoms. The first-order valence-corrected chi connectivity index (χ1v) is 11.5. The topological polar surface area (TPSA) is 54.5 Å². The number of carbonyl (C=O) groups excluding carboxylic acids is 1. The maximum Gasteiger partial charge on any atom is 0.264 e. The van der Waals surface area contributed by atoms with Gasteiger partial charge in [0.15, 0.2) is 17.4 Å². The summed E-state index contributed by atoms with van der Waals surface area (Å²) in [7, 11) is -4.10. The van der Waals surface area contributed by atoms with Gasteiger partial charge in [-0.2, -0.15) is 0 Å². The van der Waals surface area contributed by atoms with Gasteiger partial charge in [-0.25, -0.2) is 17.2 Å². The van der Waals surface area contributed by atoms with Crippen molar-refractivity contribution in [2.75, 3.05) is 10.8 Å². The quantitative estimate of drug-likeness (QED) is 0.492. The fourth-order valence-corrected chi connectivity index (χ4v) is 5.47. The van der Waals surface area contributed by atoms with Crippen molar-refractivity contribution in [3.63, 3.8) is 0 Å². The van der Waals surface area contributed by atoms with Crippen LogP contribution < -0.4 is 4.31 Å². The van der Waals surface area contributed by atoms with Crippen LogP contribution in [0.5, 0.6) is 0 Å². The average Bonchev–Trinajstić information content (AvgIpc) is 2.75. The SMILES string of the molecule is O=C(Cc1ccc2c(c1)N(S(=O)(=O)c1ccc(F)c(F)c1)CCC2)c1ccccc1Cl. The van der Waals surface area contributed by atoms with E-state index in [9.17, 15) is 22.0 Å². The summed E-state index contributed by atoms with van der Waals surface area (Å²) < 4.78 is 54.5. The number of benzene rings is 3. The molecule has 0 aliphatic carbocycles. The molecule has 0 radical (unpaired) electrons. The van der Waals surface area contributed by atoms with Crippen LogP contribution in [0.4, 0.5) is 14.5 Å². The van der Waals surface area contributed by atoms with Gasteiger partial charge in [-0.1, -0.05) is 35.9 Å². The first kappa shape index (κ1) is 21.5. The molecule has 0 spiro atoms. The van der Waals surface area contributed by atoms with Crippen LogP contribution in [0.25, 0.3) is 0 Å². The van der Waals surface area contributed by atoms with Crippen molar-refractivity contribution in [1.82, 2.24) is 0 Å². The number of halogens is 3. The molecule has 1 aliphatic heterocycles. The highest BCUT2D eigenvalue weighted by Gasteiger charge is 2.30. The minimum Gasteiger partial charge on any atom is -0.294 e. The van der Waals surface area contributed by atoms with Gasteiger partial charge in [0.05, 0.1) is 15.6 Å². The fraction of sp³-hybridized carbons (Fsp3) is 0.174. The Balaban J connectivity index is 1.69. The average molecular weight is 462 g/mol. The van der Waals surface area contributed by atoms with Gasteiger partial charge in [-0.15, -0.1) is 0 Å². The van der Waals surface area contributed by atoms with Gasteiger partial charge in [0.1, 0.15) is 0 Å². The number of anilines is 1. The van der Waals surface area contributed by atoms with Crippen LogP contribution in [0.1, 0.15) is 27.9 Å². The molecule has 0 bridgehead atoms. The molecule has 1 heterocycles. The predicted molar refractivity (Wildman–Crippen MR) is 115 cm³/mol. The number of sulfonamides is 1. The first-order valence-electron chi connectivity index (χ1n) is 9.65. The van der Waals surface area contributed by atoms with E-state index in [0.717, 1.165) is 17.7 Å². The van der Waals surface area contributed by atoms with Gasteiger partial charge in [0.25, 0.3) is 10.0 Å². The molecule has 0 saturated heterocycles. The Hall–Kier alpha value is -2.77. The molecule has 0 saturated carbocycles. The second-order valence-corrected chi connectivity index (χ2v) is 9.57. The number of nitrogens with zero attached hydrogens (tertiary/aromatic N) is 1. The lowest BCUT2D eigenvalue weighted by atomic mass is 9.97. The van der Waals surface area contributed by atoms with Gasteiger partial charge in [-0.05, 0) is 60.4 Å². The number of carbonyl (C=O) groups is 1. The Morgan fingerprint density at radius 1 is 1.00 bits per heavy atom.